The summed E-state index contributed by atoms with van der Waals surface area (Å²) in [5.74, 6) is -2.42. The largest absolute Gasteiger partial charge is 0.490 e. The maximum Gasteiger partial charge on any atom is 0.490 e. The van der Waals surface area contributed by atoms with Crippen LogP contribution in [-0.2, 0) is 19.1 Å². The second-order valence-corrected chi connectivity index (χ2v) is 4.08. The van der Waals surface area contributed by atoms with Gasteiger partial charge < -0.3 is 19.9 Å². The van der Waals surface area contributed by atoms with Crippen LogP contribution in [0.5, 0.6) is 0 Å². The number of esters is 1. The smallest absolute Gasteiger partial charge is 0.456 e. The Hall–Kier alpha value is -2.14. The van der Waals surface area contributed by atoms with Crippen molar-refractivity contribution in [2.24, 2.45) is 0 Å². The summed E-state index contributed by atoms with van der Waals surface area (Å²) in [5.41, 5.74) is 0. The first kappa shape index (κ1) is 20.9. The fraction of sp³-hybridized carbons (Fsp3) is 0.583. The number of aliphatic hydroxyl groups excluding tert-OH is 1. The summed E-state index contributed by atoms with van der Waals surface area (Å²) in [7, 11) is 1.31. The minimum absolute atomic E-state index is 0.400. The van der Waals surface area contributed by atoms with Gasteiger partial charge in [0.05, 0.1) is 6.61 Å². The molecule has 0 fully saturated rings. The number of hydrogen-bond acceptors (Lipinski definition) is 6. The Morgan fingerprint density at radius 1 is 1.39 bits per heavy atom. The average Bonchev–Trinajstić information content (AvgIpc) is 2.49. The molecule has 0 radical (unpaired) electrons. The Kier molecular flexibility index (Phi) is 8.88. The quantitative estimate of drug-likeness (QED) is 0.282. The highest BCUT2D eigenvalue weighted by Crippen LogP contribution is 2.17. The van der Waals surface area contributed by atoms with Crippen LogP contribution >= 0.6 is 0 Å². The Bertz CT molecular complexity index is 441. The highest BCUT2D eigenvalue weighted by molar-refractivity contribution is 5.76. The number of ether oxygens (including phenoxy) is 2. The third-order valence-corrected chi connectivity index (χ3v) is 2.39. The first-order valence-corrected chi connectivity index (χ1v) is 6.29. The van der Waals surface area contributed by atoms with Gasteiger partial charge in [0.1, 0.15) is 25.2 Å². The molecule has 0 saturated carbocycles. The van der Waals surface area contributed by atoms with E-state index >= 15 is 0 Å². The number of hydrogen-bond donors (Lipinski definition) is 2. The lowest BCUT2D eigenvalue weighted by Gasteiger charge is -2.28. The van der Waals surface area contributed by atoms with Crippen LogP contribution in [0.4, 0.5) is 18.0 Å². The number of urea groups is 1. The van der Waals surface area contributed by atoms with Gasteiger partial charge in [-0.1, -0.05) is 0 Å². The van der Waals surface area contributed by atoms with Gasteiger partial charge in [-0.15, -0.1) is 0 Å². The van der Waals surface area contributed by atoms with Crippen molar-refractivity contribution in [1.82, 2.24) is 10.2 Å². The third-order valence-electron chi connectivity index (χ3n) is 2.39. The molecular formula is C12H17F3N2O6. The molecule has 0 saturated heterocycles. The predicted molar refractivity (Wildman–Crippen MR) is 69.9 cm³/mol. The van der Waals surface area contributed by atoms with Gasteiger partial charge in [0.15, 0.2) is 0 Å². The van der Waals surface area contributed by atoms with Crippen LogP contribution in [0, 0.1) is 0 Å². The maximum absolute atomic E-state index is 12.0. The molecule has 0 aromatic carbocycles. The minimum Gasteiger partial charge on any atom is -0.456 e. The van der Waals surface area contributed by atoms with Crippen LogP contribution in [0.2, 0.25) is 0 Å². The molecule has 0 bridgehead atoms. The van der Waals surface area contributed by atoms with Crippen molar-refractivity contribution >= 4 is 18.3 Å². The molecule has 11 heteroatoms. The zero-order valence-corrected chi connectivity index (χ0v) is 12.4. The van der Waals surface area contributed by atoms with Crippen molar-refractivity contribution in [2.75, 3.05) is 20.3 Å². The van der Waals surface area contributed by atoms with Crippen LogP contribution in [0.25, 0.3) is 0 Å². The van der Waals surface area contributed by atoms with E-state index in [0.29, 0.717) is 6.29 Å². The third kappa shape index (κ3) is 7.61. The second kappa shape index (κ2) is 9.79. The molecule has 0 aliphatic heterocycles. The van der Waals surface area contributed by atoms with E-state index in [2.05, 4.69) is 10.1 Å². The van der Waals surface area contributed by atoms with Crippen molar-refractivity contribution in [3.8, 4) is 0 Å². The van der Waals surface area contributed by atoms with E-state index < -0.39 is 43.7 Å². The molecular weight excluding hydrogens is 325 g/mol. The van der Waals surface area contributed by atoms with E-state index in [9.17, 15) is 27.6 Å². The summed E-state index contributed by atoms with van der Waals surface area (Å²) in [4.78, 5) is 33.4. The van der Waals surface area contributed by atoms with Crippen LogP contribution in [0.3, 0.4) is 0 Å². The summed E-state index contributed by atoms with van der Waals surface area (Å²) < 4.78 is 45.1. The molecule has 2 atom stereocenters. The van der Waals surface area contributed by atoms with Crippen LogP contribution in [-0.4, -0.2) is 67.1 Å². The van der Waals surface area contributed by atoms with Crippen molar-refractivity contribution in [2.45, 2.75) is 25.4 Å². The Labute approximate surface area is 129 Å². The highest BCUT2D eigenvalue weighted by Gasteiger charge is 2.41. The number of allylic oxidation sites excluding steroid dienone is 1. The van der Waals surface area contributed by atoms with Gasteiger partial charge in [-0.3, -0.25) is 9.69 Å². The van der Waals surface area contributed by atoms with Crippen molar-refractivity contribution in [3.05, 3.63) is 12.3 Å². The fourth-order valence-corrected chi connectivity index (χ4v) is 1.34. The molecule has 0 rings (SSSR count). The second-order valence-electron chi connectivity index (χ2n) is 4.08. The number of amides is 2. The zero-order chi connectivity index (χ0) is 18.0. The van der Waals surface area contributed by atoms with Crippen LogP contribution < -0.4 is 5.32 Å². The van der Waals surface area contributed by atoms with E-state index in [1.807, 2.05) is 0 Å². The van der Waals surface area contributed by atoms with Crippen LogP contribution in [0.1, 0.15) is 6.92 Å². The van der Waals surface area contributed by atoms with Gasteiger partial charge in [0.2, 0.25) is 0 Å². The maximum atomic E-state index is 12.0. The molecule has 132 valence electrons. The Balaban J connectivity index is 4.75. The van der Waals surface area contributed by atoms with E-state index in [-0.39, 0.29) is 0 Å². The standard InChI is InChI=1S/C12H17F3N2O6/c1-8(17(4-3-5-18)11(21)16-2)23-9(6-19)7-22-10(20)12(13,14)15/h3-5,8-9,19H,6-7H2,1-2H3,(H,16,21)/b4-3-/t8-,9+/m1/s1. The predicted octanol–water partition coefficient (Wildman–Crippen LogP) is 0.169. The molecule has 0 aliphatic rings. The number of carbonyl (C=O) groups is 3. The molecule has 23 heavy (non-hydrogen) atoms. The van der Waals surface area contributed by atoms with E-state index in [1.54, 1.807) is 0 Å². The molecule has 8 nitrogen and oxygen atoms in total. The van der Waals surface area contributed by atoms with Gasteiger partial charge in [-0.05, 0) is 13.0 Å². The monoisotopic (exact) mass is 342 g/mol. The SMILES string of the molecule is CNC(=O)N(/C=C\C=O)[C@@H](C)O[C@@H](CO)COC(=O)C(F)(F)F. The van der Waals surface area contributed by atoms with Crippen molar-refractivity contribution < 1.29 is 42.1 Å². The molecule has 2 amide bonds. The first-order valence-electron chi connectivity index (χ1n) is 6.29. The molecule has 0 unspecified atom stereocenters. The number of carbonyl (C=O) groups excluding carboxylic acids is 3. The Morgan fingerprint density at radius 2 is 2.00 bits per heavy atom. The van der Waals surface area contributed by atoms with Gasteiger partial charge >= 0.3 is 18.2 Å². The molecule has 0 spiro atoms. The number of aldehydes is 1. The van der Waals surface area contributed by atoms with Crippen LogP contribution in [0.15, 0.2) is 12.3 Å². The minimum atomic E-state index is -5.16. The first-order chi connectivity index (χ1) is 10.7. The number of nitrogens with one attached hydrogen (secondary N) is 1. The molecule has 0 aromatic rings. The molecule has 2 N–H and O–H groups in total. The normalized spacial score (nSPS) is 14.2. The fourth-order valence-electron chi connectivity index (χ4n) is 1.34. The van der Waals surface area contributed by atoms with Gasteiger partial charge in [0.25, 0.3) is 0 Å². The zero-order valence-electron chi connectivity index (χ0n) is 12.4. The van der Waals surface area contributed by atoms with Gasteiger partial charge in [-0.2, -0.15) is 13.2 Å². The topological polar surface area (TPSA) is 105 Å². The lowest BCUT2D eigenvalue weighted by molar-refractivity contribution is -0.205. The molecule has 0 heterocycles. The number of halogens is 3. The molecule has 0 aliphatic carbocycles. The van der Waals surface area contributed by atoms with E-state index in [0.717, 1.165) is 17.2 Å². The van der Waals surface area contributed by atoms with Crippen molar-refractivity contribution in [3.63, 3.8) is 0 Å². The number of alkyl halides is 3. The van der Waals surface area contributed by atoms with Gasteiger partial charge in [0, 0.05) is 13.2 Å². The number of nitrogens with zero attached hydrogens (tertiary/aromatic N) is 1. The lowest BCUT2D eigenvalue weighted by Crippen LogP contribution is -2.44. The van der Waals surface area contributed by atoms with E-state index in [1.165, 1.54) is 14.0 Å². The summed E-state index contributed by atoms with van der Waals surface area (Å²) in [6, 6.07) is -0.667. The lowest BCUT2D eigenvalue weighted by atomic mass is 10.4. The average molecular weight is 342 g/mol. The number of rotatable bonds is 8. The summed E-state index contributed by atoms with van der Waals surface area (Å²) in [6.07, 6.45) is -5.05. The highest BCUT2D eigenvalue weighted by atomic mass is 19.4. The van der Waals surface area contributed by atoms with Gasteiger partial charge in [-0.25, -0.2) is 9.59 Å². The summed E-state index contributed by atoms with van der Waals surface area (Å²) >= 11 is 0. The summed E-state index contributed by atoms with van der Waals surface area (Å²) in [6.45, 7) is -0.273. The van der Waals surface area contributed by atoms with Crippen molar-refractivity contribution in [1.29, 1.82) is 0 Å². The van der Waals surface area contributed by atoms with E-state index in [4.69, 9.17) is 9.84 Å². The number of aliphatic hydroxyl groups is 1. The summed E-state index contributed by atoms with van der Waals surface area (Å²) in [5, 5.41) is 11.3. The molecule has 0 aromatic heterocycles. The Morgan fingerprint density at radius 3 is 2.43 bits per heavy atom.